The Morgan fingerprint density at radius 3 is 2.51 bits per heavy atom. The van der Waals surface area contributed by atoms with E-state index in [1.807, 2.05) is 13.0 Å². The number of oxime groups is 1. The summed E-state index contributed by atoms with van der Waals surface area (Å²) in [6, 6.07) is 6.27. The molecule has 0 heterocycles. The second-order valence-corrected chi connectivity index (χ2v) is 12.7. The number of carbonyl (C=O) groups is 3. The Labute approximate surface area is 239 Å². The fourth-order valence-electron chi connectivity index (χ4n) is 8.56. The molecule has 5 rings (SSSR count). The van der Waals surface area contributed by atoms with Crippen molar-refractivity contribution in [3.8, 4) is 0 Å². The highest BCUT2D eigenvalue weighted by Gasteiger charge is 2.68. The number of Topliss-reactive ketones (excluding diaryl/α,β-unsaturated/α-hetero) is 1. The molecular weight excluding hydrogens is 528 g/mol. The number of aromatic carboxylic acids is 1. The van der Waals surface area contributed by atoms with Crippen molar-refractivity contribution in [1.29, 1.82) is 0 Å². The predicted octanol–water partition coefficient (Wildman–Crippen LogP) is 2.60. The van der Waals surface area contributed by atoms with Gasteiger partial charge in [-0.2, -0.15) is 0 Å². The first kappa shape index (κ1) is 29.4. The number of ketones is 1. The Hall–Kier alpha value is -3.08. The van der Waals surface area contributed by atoms with Gasteiger partial charge in [-0.05, 0) is 91.9 Å². The summed E-state index contributed by atoms with van der Waals surface area (Å²) in [5.74, 6) is -1.61. The summed E-state index contributed by atoms with van der Waals surface area (Å²) >= 11 is 0. The Morgan fingerprint density at radius 1 is 1.10 bits per heavy atom. The standard InChI is InChI=1S/C31H40N2O8/c1-29-11-9-21(33-41-17-26(37)32-15-18-3-5-19(6-4-18)28(38)39)13-20(29)7-8-22-23-10-12-31(40,25(36)16-34)30(23,2)14-24(35)27(22)29/h3-6,13,22-24,27,34-35,40H,7-12,14-17H2,1-2H3,(H,32,37)(H,38,39)/t22?,23?,24?,27?,29-,30-,31-/m0/s1. The minimum Gasteiger partial charge on any atom is -0.478 e. The number of benzene rings is 1. The summed E-state index contributed by atoms with van der Waals surface area (Å²) in [4.78, 5) is 41.2. The van der Waals surface area contributed by atoms with Crippen LogP contribution >= 0.6 is 0 Å². The van der Waals surface area contributed by atoms with Crippen LogP contribution in [0.3, 0.4) is 0 Å². The average molecular weight is 569 g/mol. The van der Waals surface area contributed by atoms with Crippen LogP contribution in [-0.4, -0.2) is 68.7 Å². The van der Waals surface area contributed by atoms with Gasteiger partial charge in [-0.3, -0.25) is 9.59 Å². The monoisotopic (exact) mass is 568 g/mol. The van der Waals surface area contributed by atoms with Crippen LogP contribution in [0.5, 0.6) is 0 Å². The van der Waals surface area contributed by atoms with E-state index in [0.29, 0.717) is 25.7 Å². The fourth-order valence-corrected chi connectivity index (χ4v) is 8.56. The van der Waals surface area contributed by atoms with Crippen LogP contribution < -0.4 is 5.32 Å². The quantitative estimate of drug-likeness (QED) is 0.299. The van der Waals surface area contributed by atoms with Gasteiger partial charge in [0.15, 0.2) is 12.4 Å². The zero-order valence-corrected chi connectivity index (χ0v) is 23.6. The van der Waals surface area contributed by atoms with Crippen molar-refractivity contribution in [2.45, 2.75) is 77.0 Å². The maximum atomic E-state index is 12.6. The Bertz CT molecular complexity index is 1280. The lowest BCUT2D eigenvalue weighted by Gasteiger charge is -2.60. The molecule has 0 aromatic heterocycles. The number of hydrogen-bond donors (Lipinski definition) is 5. The molecule has 41 heavy (non-hydrogen) atoms. The third-order valence-corrected chi connectivity index (χ3v) is 10.7. The van der Waals surface area contributed by atoms with E-state index >= 15 is 0 Å². The number of fused-ring (bicyclic) bond motifs is 5. The molecule has 222 valence electrons. The molecule has 0 spiro atoms. The van der Waals surface area contributed by atoms with Crippen molar-refractivity contribution < 1.29 is 39.6 Å². The van der Waals surface area contributed by atoms with Gasteiger partial charge in [0.2, 0.25) is 0 Å². The highest BCUT2D eigenvalue weighted by atomic mass is 16.6. The van der Waals surface area contributed by atoms with Gasteiger partial charge in [0.05, 0.1) is 17.4 Å². The number of aliphatic hydroxyl groups is 3. The van der Waals surface area contributed by atoms with E-state index < -0.39 is 35.5 Å². The highest BCUT2D eigenvalue weighted by Crippen LogP contribution is 2.67. The van der Waals surface area contributed by atoms with Gasteiger partial charge in [-0.1, -0.05) is 36.7 Å². The number of nitrogens with zero attached hydrogens (tertiary/aromatic N) is 1. The minimum atomic E-state index is -1.60. The number of nitrogens with one attached hydrogen (secondary N) is 1. The van der Waals surface area contributed by atoms with Crippen molar-refractivity contribution in [3.05, 3.63) is 47.0 Å². The van der Waals surface area contributed by atoms with Crippen LogP contribution in [0, 0.1) is 28.6 Å². The van der Waals surface area contributed by atoms with E-state index in [-0.39, 0.29) is 47.8 Å². The van der Waals surface area contributed by atoms with Gasteiger partial charge in [-0.15, -0.1) is 0 Å². The number of carboxylic acid groups (broad SMARTS) is 1. The van der Waals surface area contributed by atoms with E-state index in [9.17, 15) is 29.7 Å². The van der Waals surface area contributed by atoms with E-state index in [1.165, 1.54) is 17.7 Å². The van der Waals surface area contributed by atoms with Gasteiger partial charge in [0.25, 0.3) is 5.91 Å². The molecule has 10 heteroatoms. The Morgan fingerprint density at radius 2 is 1.83 bits per heavy atom. The van der Waals surface area contributed by atoms with Crippen LogP contribution in [-0.2, 0) is 21.0 Å². The number of hydrogen-bond acceptors (Lipinski definition) is 8. The number of allylic oxidation sites excluding steroid dienone is 2. The molecule has 4 aliphatic carbocycles. The van der Waals surface area contributed by atoms with Crippen LogP contribution in [0.15, 0.2) is 41.1 Å². The molecule has 0 bridgehead atoms. The van der Waals surface area contributed by atoms with Crippen molar-refractivity contribution in [3.63, 3.8) is 0 Å². The number of carbonyl (C=O) groups excluding carboxylic acids is 2. The second-order valence-electron chi connectivity index (χ2n) is 12.7. The minimum absolute atomic E-state index is 0.00460. The molecule has 3 fully saturated rings. The number of rotatable bonds is 8. The topological polar surface area (TPSA) is 166 Å². The summed E-state index contributed by atoms with van der Waals surface area (Å²) in [5, 5.41) is 48.4. The third-order valence-electron chi connectivity index (χ3n) is 10.7. The molecule has 7 atom stereocenters. The van der Waals surface area contributed by atoms with Gasteiger partial charge in [0, 0.05) is 12.0 Å². The molecule has 4 unspecified atom stereocenters. The number of carboxylic acids is 1. The molecule has 10 nitrogen and oxygen atoms in total. The Balaban J connectivity index is 1.21. The lowest BCUT2D eigenvalue weighted by atomic mass is 9.45. The summed E-state index contributed by atoms with van der Waals surface area (Å²) in [6.07, 6.45) is 5.81. The summed E-state index contributed by atoms with van der Waals surface area (Å²) < 4.78 is 0. The summed E-state index contributed by atoms with van der Waals surface area (Å²) in [5.41, 5.74) is 0.323. The van der Waals surface area contributed by atoms with E-state index in [0.717, 1.165) is 30.5 Å². The lowest BCUT2D eigenvalue weighted by molar-refractivity contribution is -0.181. The average Bonchev–Trinajstić information content (AvgIpc) is 3.22. The summed E-state index contributed by atoms with van der Waals surface area (Å²) in [6.45, 7) is 3.44. The molecule has 1 amide bonds. The van der Waals surface area contributed by atoms with Crippen LogP contribution in [0.1, 0.15) is 74.7 Å². The normalized spacial score (nSPS) is 36.9. The van der Waals surface area contributed by atoms with E-state index in [1.54, 1.807) is 12.1 Å². The van der Waals surface area contributed by atoms with Crippen LogP contribution in [0.25, 0.3) is 0 Å². The first-order valence-corrected chi connectivity index (χ1v) is 14.5. The molecule has 3 saturated carbocycles. The molecule has 5 N–H and O–H groups in total. The maximum Gasteiger partial charge on any atom is 0.335 e. The smallest absolute Gasteiger partial charge is 0.335 e. The first-order chi connectivity index (χ1) is 19.4. The number of amides is 1. The Kier molecular flexibility index (Phi) is 7.86. The lowest BCUT2D eigenvalue weighted by Crippen LogP contribution is -2.62. The van der Waals surface area contributed by atoms with Gasteiger partial charge >= 0.3 is 5.97 Å². The van der Waals surface area contributed by atoms with Gasteiger partial charge in [-0.25, -0.2) is 4.79 Å². The number of aliphatic hydroxyl groups excluding tert-OH is 2. The zero-order chi connectivity index (χ0) is 29.6. The van der Waals surface area contributed by atoms with Crippen molar-refractivity contribution in [1.82, 2.24) is 5.32 Å². The molecule has 1 aromatic carbocycles. The molecule has 0 aliphatic heterocycles. The SMILES string of the molecule is C[C@]12CCC(=NOCC(=O)NCc3ccc(C(=O)O)cc3)C=C1CCC1C2C(O)C[C@@]2(C)C1CC[C@]2(O)C(=O)CO. The summed E-state index contributed by atoms with van der Waals surface area (Å²) in [7, 11) is 0. The zero-order valence-electron chi connectivity index (χ0n) is 23.6. The van der Waals surface area contributed by atoms with Crippen molar-refractivity contribution >= 4 is 23.4 Å². The maximum absolute atomic E-state index is 12.6. The fraction of sp³-hybridized carbons (Fsp3) is 0.613. The molecule has 0 saturated heterocycles. The van der Waals surface area contributed by atoms with Crippen molar-refractivity contribution in [2.24, 2.45) is 33.7 Å². The van der Waals surface area contributed by atoms with Gasteiger partial charge < -0.3 is 30.6 Å². The molecule has 0 radical (unpaired) electrons. The molecule has 1 aromatic rings. The highest BCUT2D eigenvalue weighted by molar-refractivity contribution is 5.96. The first-order valence-electron chi connectivity index (χ1n) is 14.5. The molecule has 4 aliphatic rings. The van der Waals surface area contributed by atoms with E-state index in [4.69, 9.17) is 9.94 Å². The molecular formula is C31H40N2O8. The van der Waals surface area contributed by atoms with Gasteiger partial charge in [0.1, 0.15) is 12.2 Å². The van der Waals surface area contributed by atoms with Crippen LogP contribution in [0.2, 0.25) is 0 Å². The second kappa shape index (κ2) is 11.0. The van der Waals surface area contributed by atoms with Crippen LogP contribution in [0.4, 0.5) is 0 Å². The predicted molar refractivity (Wildman–Crippen MR) is 149 cm³/mol. The van der Waals surface area contributed by atoms with Crippen molar-refractivity contribution in [2.75, 3.05) is 13.2 Å². The van der Waals surface area contributed by atoms with E-state index in [2.05, 4.69) is 17.4 Å². The largest absolute Gasteiger partial charge is 0.478 e. The third kappa shape index (κ3) is 5.00.